The Morgan fingerprint density at radius 2 is 2.13 bits per heavy atom. The fourth-order valence-electron chi connectivity index (χ4n) is 1.77. The first-order valence-electron chi connectivity index (χ1n) is 5.23. The SMILES string of the molecule is CC1CN(C(=O)c2ccccc2)CCO1. The number of carbonyl (C=O) groups excluding carboxylic acids is 1. The molecule has 80 valence electrons. The van der Waals surface area contributed by atoms with Crippen molar-refractivity contribution in [3.05, 3.63) is 35.9 Å². The van der Waals surface area contributed by atoms with Crippen molar-refractivity contribution < 1.29 is 9.53 Å². The summed E-state index contributed by atoms with van der Waals surface area (Å²) in [6.07, 6.45) is 0.145. The summed E-state index contributed by atoms with van der Waals surface area (Å²) in [7, 11) is 0. The van der Waals surface area contributed by atoms with Crippen LogP contribution in [0.2, 0.25) is 0 Å². The lowest BCUT2D eigenvalue weighted by Gasteiger charge is -2.31. The van der Waals surface area contributed by atoms with Crippen LogP contribution in [-0.4, -0.2) is 36.6 Å². The van der Waals surface area contributed by atoms with Crippen molar-refractivity contribution in [3.63, 3.8) is 0 Å². The predicted octanol–water partition coefficient (Wildman–Crippen LogP) is 1.55. The van der Waals surface area contributed by atoms with E-state index in [2.05, 4.69) is 0 Å². The molecule has 1 atom stereocenters. The van der Waals surface area contributed by atoms with Crippen molar-refractivity contribution in [2.75, 3.05) is 19.7 Å². The molecule has 15 heavy (non-hydrogen) atoms. The number of hydrogen-bond acceptors (Lipinski definition) is 2. The summed E-state index contributed by atoms with van der Waals surface area (Å²) < 4.78 is 5.40. The maximum Gasteiger partial charge on any atom is 0.254 e. The fraction of sp³-hybridized carbons (Fsp3) is 0.417. The van der Waals surface area contributed by atoms with E-state index in [1.54, 1.807) is 0 Å². The van der Waals surface area contributed by atoms with Gasteiger partial charge in [0.05, 0.1) is 12.7 Å². The molecule has 1 saturated heterocycles. The van der Waals surface area contributed by atoms with Gasteiger partial charge in [-0.1, -0.05) is 18.2 Å². The highest BCUT2D eigenvalue weighted by molar-refractivity contribution is 5.94. The maximum atomic E-state index is 12.0. The molecule has 1 aliphatic rings. The van der Waals surface area contributed by atoms with Crippen LogP contribution in [0.1, 0.15) is 17.3 Å². The second-order valence-corrected chi connectivity index (χ2v) is 3.80. The molecule has 1 fully saturated rings. The van der Waals surface area contributed by atoms with Crippen molar-refractivity contribution in [3.8, 4) is 0 Å². The molecule has 0 saturated carbocycles. The van der Waals surface area contributed by atoms with Gasteiger partial charge in [-0.05, 0) is 19.1 Å². The Morgan fingerprint density at radius 1 is 1.40 bits per heavy atom. The summed E-state index contributed by atoms with van der Waals surface area (Å²) >= 11 is 0. The van der Waals surface area contributed by atoms with Crippen LogP contribution in [0.25, 0.3) is 0 Å². The van der Waals surface area contributed by atoms with Gasteiger partial charge in [0.1, 0.15) is 0 Å². The third-order valence-electron chi connectivity index (χ3n) is 2.55. The number of morpholine rings is 1. The van der Waals surface area contributed by atoms with Gasteiger partial charge in [0.25, 0.3) is 5.91 Å². The van der Waals surface area contributed by atoms with Crippen molar-refractivity contribution in [1.29, 1.82) is 0 Å². The number of ether oxygens (including phenoxy) is 1. The quantitative estimate of drug-likeness (QED) is 0.696. The Hall–Kier alpha value is -1.35. The number of rotatable bonds is 1. The van der Waals surface area contributed by atoms with Crippen molar-refractivity contribution in [2.24, 2.45) is 0 Å². The van der Waals surface area contributed by atoms with Crippen LogP contribution in [0.4, 0.5) is 0 Å². The van der Waals surface area contributed by atoms with Gasteiger partial charge < -0.3 is 9.64 Å². The van der Waals surface area contributed by atoms with Gasteiger partial charge in [0.15, 0.2) is 0 Å². The summed E-state index contributed by atoms with van der Waals surface area (Å²) in [6.45, 7) is 4.01. The van der Waals surface area contributed by atoms with E-state index < -0.39 is 0 Å². The molecule has 1 aromatic rings. The molecule has 1 heterocycles. The first-order chi connectivity index (χ1) is 7.27. The molecule has 1 aliphatic heterocycles. The zero-order valence-corrected chi connectivity index (χ0v) is 8.85. The molecular formula is C12H15NO2. The summed E-state index contributed by atoms with van der Waals surface area (Å²) in [5.74, 6) is 0.103. The molecule has 0 bridgehead atoms. The van der Waals surface area contributed by atoms with Crippen molar-refractivity contribution >= 4 is 5.91 Å². The molecule has 1 amide bonds. The van der Waals surface area contributed by atoms with Gasteiger partial charge in [0.2, 0.25) is 0 Å². The third-order valence-corrected chi connectivity index (χ3v) is 2.55. The molecule has 0 spiro atoms. The average molecular weight is 205 g/mol. The first-order valence-corrected chi connectivity index (χ1v) is 5.23. The minimum absolute atomic E-state index is 0.103. The predicted molar refractivity (Wildman–Crippen MR) is 57.8 cm³/mol. The molecule has 3 heteroatoms. The van der Waals surface area contributed by atoms with Crippen LogP contribution in [-0.2, 0) is 4.74 Å². The first kappa shape index (κ1) is 10.2. The lowest BCUT2D eigenvalue weighted by Crippen LogP contribution is -2.44. The number of amides is 1. The van der Waals surface area contributed by atoms with E-state index in [1.807, 2.05) is 42.2 Å². The summed E-state index contributed by atoms with van der Waals surface area (Å²) in [4.78, 5) is 13.9. The third kappa shape index (κ3) is 2.36. The Balaban J connectivity index is 2.08. The van der Waals surface area contributed by atoms with E-state index in [0.717, 1.165) is 5.56 Å². The molecule has 1 aromatic carbocycles. The zero-order chi connectivity index (χ0) is 10.7. The highest BCUT2D eigenvalue weighted by Crippen LogP contribution is 2.09. The van der Waals surface area contributed by atoms with Gasteiger partial charge in [0, 0.05) is 18.7 Å². The molecule has 0 aromatic heterocycles. The Morgan fingerprint density at radius 3 is 2.80 bits per heavy atom. The van der Waals surface area contributed by atoms with Crippen LogP contribution < -0.4 is 0 Å². The van der Waals surface area contributed by atoms with Crippen molar-refractivity contribution in [1.82, 2.24) is 4.90 Å². The highest BCUT2D eigenvalue weighted by Gasteiger charge is 2.21. The molecule has 1 unspecified atom stereocenters. The van der Waals surface area contributed by atoms with E-state index in [0.29, 0.717) is 19.7 Å². The average Bonchev–Trinajstić information content (AvgIpc) is 2.29. The smallest absolute Gasteiger partial charge is 0.254 e. The number of nitrogens with zero attached hydrogens (tertiary/aromatic N) is 1. The van der Waals surface area contributed by atoms with Crippen LogP contribution in [0.15, 0.2) is 30.3 Å². The van der Waals surface area contributed by atoms with E-state index in [-0.39, 0.29) is 12.0 Å². The number of hydrogen-bond donors (Lipinski definition) is 0. The van der Waals surface area contributed by atoms with Crippen molar-refractivity contribution in [2.45, 2.75) is 13.0 Å². The number of carbonyl (C=O) groups is 1. The molecule has 0 aliphatic carbocycles. The minimum Gasteiger partial charge on any atom is -0.375 e. The Bertz CT molecular complexity index is 337. The summed E-state index contributed by atoms with van der Waals surface area (Å²) in [6, 6.07) is 9.39. The molecular weight excluding hydrogens is 190 g/mol. The van der Waals surface area contributed by atoms with Crippen LogP contribution in [0.5, 0.6) is 0 Å². The second kappa shape index (κ2) is 4.45. The maximum absolute atomic E-state index is 12.0. The summed E-state index contributed by atoms with van der Waals surface area (Å²) in [5, 5.41) is 0. The van der Waals surface area contributed by atoms with Gasteiger partial charge in [-0.2, -0.15) is 0 Å². The minimum atomic E-state index is 0.103. The monoisotopic (exact) mass is 205 g/mol. The van der Waals surface area contributed by atoms with E-state index in [4.69, 9.17) is 4.74 Å². The molecule has 0 radical (unpaired) electrons. The fourth-order valence-corrected chi connectivity index (χ4v) is 1.77. The van der Waals surface area contributed by atoms with Crippen LogP contribution in [0.3, 0.4) is 0 Å². The second-order valence-electron chi connectivity index (χ2n) is 3.80. The number of benzene rings is 1. The lowest BCUT2D eigenvalue weighted by atomic mass is 10.2. The van der Waals surface area contributed by atoms with Gasteiger partial charge >= 0.3 is 0 Å². The van der Waals surface area contributed by atoms with E-state index in [9.17, 15) is 4.79 Å². The van der Waals surface area contributed by atoms with E-state index in [1.165, 1.54) is 0 Å². The highest BCUT2D eigenvalue weighted by atomic mass is 16.5. The Labute approximate surface area is 89.7 Å². The molecule has 3 nitrogen and oxygen atoms in total. The normalized spacial score (nSPS) is 21.4. The van der Waals surface area contributed by atoms with Gasteiger partial charge in [-0.3, -0.25) is 4.79 Å². The molecule has 0 N–H and O–H groups in total. The largest absolute Gasteiger partial charge is 0.375 e. The summed E-state index contributed by atoms with van der Waals surface area (Å²) in [5.41, 5.74) is 0.756. The van der Waals surface area contributed by atoms with Gasteiger partial charge in [-0.15, -0.1) is 0 Å². The Kier molecular flexibility index (Phi) is 3.02. The zero-order valence-electron chi connectivity index (χ0n) is 8.85. The topological polar surface area (TPSA) is 29.5 Å². The molecule has 2 rings (SSSR count). The van der Waals surface area contributed by atoms with Crippen LogP contribution >= 0.6 is 0 Å². The van der Waals surface area contributed by atoms with Crippen LogP contribution in [0, 0.1) is 0 Å². The van der Waals surface area contributed by atoms with E-state index >= 15 is 0 Å². The lowest BCUT2D eigenvalue weighted by molar-refractivity contribution is -0.0124. The van der Waals surface area contributed by atoms with Gasteiger partial charge in [-0.25, -0.2) is 0 Å². The standard InChI is InChI=1S/C12H15NO2/c1-10-9-13(7-8-15-10)12(14)11-5-3-2-4-6-11/h2-6,10H,7-9H2,1H3.